The molecule has 1 N–H and O–H groups in total. The summed E-state index contributed by atoms with van der Waals surface area (Å²) in [7, 11) is 1.59. The van der Waals surface area contributed by atoms with Crippen molar-refractivity contribution in [3.05, 3.63) is 73.2 Å². The van der Waals surface area contributed by atoms with E-state index in [1.54, 1.807) is 36.3 Å². The van der Waals surface area contributed by atoms with Gasteiger partial charge in [-0.3, -0.25) is 9.78 Å². The summed E-state index contributed by atoms with van der Waals surface area (Å²) in [5.41, 5.74) is 4.08. The van der Waals surface area contributed by atoms with Gasteiger partial charge in [0.25, 0.3) is 0 Å². The minimum atomic E-state index is -0.469. The molecule has 1 fully saturated rings. The van der Waals surface area contributed by atoms with Crippen molar-refractivity contribution in [2.45, 2.75) is 31.7 Å². The number of methoxy groups -OCH3 is 1. The number of nitrogens with one attached hydrogen (secondary N) is 1. The molecule has 39 heavy (non-hydrogen) atoms. The molecule has 0 saturated heterocycles. The highest BCUT2D eigenvalue weighted by atomic mass is 16.5. The highest BCUT2D eigenvalue weighted by molar-refractivity contribution is 5.79. The van der Waals surface area contributed by atoms with Crippen molar-refractivity contribution in [1.82, 2.24) is 34.6 Å². The lowest BCUT2D eigenvalue weighted by Gasteiger charge is -2.43. The van der Waals surface area contributed by atoms with Gasteiger partial charge in [-0.05, 0) is 43.6 Å². The number of rotatable bonds is 10. The number of nitriles is 2. The minimum absolute atomic E-state index is 0.0629. The monoisotopic (exact) mass is 521 g/mol. The molecule has 1 aliphatic rings. The van der Waals surface area contributed by atoms with Gasteiger partial charge in [-0.15, -0.1) is 5.10 Å². The number of hydrogen-bond acceptors (Lipinski definition) is 8. The van der Waals surface area contributed by atoms with Gasteiger partial charge in [0.05, 0.1) is 78.2 Å². The predicted molar refractivity (Wildman–Crippen MR) is 143 cm³/mol. The molecule has 4 aromatic heterocycles. The average molecular weight is 522 g/mol. The molecule has 1 saturated carbocycles. The van der Waals surface area contributed by atoms with E-state index in [-0.39, 0.29) is 5.92 Å². The SMILES string of the molecule is C=C/C(=C\C=C(/C)COc1n[nH]cc1-c1cn2nccc2c(-c2cnn([C@]3(CC#N)C[C@@H](C#N)C3)c2)n1)OC. The maximum Gasteiger partial charge on any atom is 0.242 e. The van der Waals surface area contributed by atoms with E-state index in [9.17, 15) is 10.5 Å². The number of hydrogen-bond donors (Lipinski definition) is 1. The predicted octanol–water partition coefficient (Wildman–Crippen LogP) is 4.57. The van der Waals surface area contributed by atoms with Gasteiger partial charge in [0.15, 0.2) is 0 Å². The van der Waals surface area contributed by atoms with E-state index in [1.807, 2.05) is 42.2 Å². The number of allylic oxidation sites excluding steroid dienone is 3. The molecule has 5 rings (SSSR count). The smallest absolute Gasteiger partial charge is 0.242 e. The quantitative estimate of drug-likeness (QED) is 0.236. The molecule has 0 atom stereocenters. The van der Waals surface area contributed by atoms with Gasteiger partial charge in [0.2, 0.25) is 5.88 Å². The van der Waals surface area contributed by atoms with Crippen molar-refractivity contribution in [2.24, 2.45) is 5.92 Å². The molecule has 0 bridgehead atoms. The van der Waals surface area contributed by atoms with Gasteiger partial charge >= 0.3 is 0 Å². The summed E-state index contributed by atoms with van der Waals surface area (Å²) in [6.45, 7) is 5.98. The molecule has 0 radical (unpaired) electrons. The topological polar surface area (TPSA) is 143 Å². The Balaban J connectivity index is 1.45. The lowest BCUT2D eigenvalue weighted by atomic mass is 9.67. The number of aromatic amines is 1. The Bertz CT molecular complexity index is 1650. The first-order chi connectivity index (χ1) is 19.0. The van der Waals surface area contributed by atoms with Crippen LogP contribution < -0.4 is 4.74 Å². The zero-order chi connectivity index (χ0) is 27.4. The Morgan fingerprint density at radius 2 is 2.13 bits per heavy atom. The fourth-order valence-corrected chi connectivity index (χ4v) is 4.73. The third-order valence-electron chi connectivity index (χ3n) is 6.86. The standard InChI is InChI=1S/C28H27N9O2/c1-4-22(38-3)6-5-19(2)18-39-27-23(15-31-35-27)24-17-36-25(7-10-32-36)26(34-24)21-14-33-37(16-21)28(8-9-29)11-20(12-28)13-30/h4-7,10,14-17,20H,1,8,11-12,18H2,2-3H3,(H,31,35)/b19-5+,22-6+/t20-,28-. The van der Waals surface area contributed by atoms with E-state index in [0.29, 0.717) is 54.5 Å². The number of H-pyrrole nitrogens is 1. The van der Waals surface area contributed by atoms with Crippen LogP contribution in [0.3, 0.4) is 0 Å². The zero-order valence-corrected chi connectivity index (χ0v) is 21.7. The number of nitrogens with zero attached hydrogens (tertiary/aromatic N) is 8. The van der Waals surface area contributed by atoms with Crippen LogP contribution in [-0.4, -0.2) is 48.3 Å². The molecule has 1 aliphatic carbocycles. The van der Waals surface area contributed by atoms with Crippen molar-refractivity contribution >= 4 is 5.52 Å². The van der Waals surface area contributed by atoms with Gasteiger partial charge in [0.1, 0.15) is 12.4 Å². The average Bonchev–Trinajstić information content (AvgIpc) is 3.70. The number of aromatic nitrogens is 7. The fourth-order valence-electron chi connectivity index (χ4n) is 4.73. The van der Waals surface area contributed by atoms with Crippen LogP contribution in [0.25, 0.3) is 28.0 Å². The third kappa shape index (κ3) is 4.90. The van der Waals surface area contributed by atoms with Crippen LogP contribution in [0.4, 0.5) is 0 Å². The van der Waals surface area contributed by atoms with E-state index in [4.69, 9.17) is 14.5 Å². The van der Waals surface area contributed by atoms with Crippen LogP contribution in [0.2, 0.25) is 0 Å². The van der Waals surface area contributed by atoms with Crippen molar-refractivity contribution in [3.63, 3.8) is 0 Å². The third-order valence-corrected chi connectivity index (χ3v) is 6.86. The van der Waals surface area contributed by atoms with Gasteiger partial charge in [0, 0.05) is 18.0 Å². The largest absolute Gasteiger partial charge is 0.497 e. The summed E-state index contributed by atoms with van der Waals surface area (Å²) in [5.74, 6) is 1.00. The lowest BCUT2D eigenvalue weighted by Crippen LogP contribution is -2.46. The summed E-state index contributed by atoms with van der Waals surface area (Å²) in [5, 5.41) is 34.9. The van der Waals surface area contributed by atoms with Crippen molar-refractivity contribution in [3.8, 4) is 40.5 Å². The van der Waals surface area contributed by atoms with E-state index >= 15 is 0 Å². The number of ether oxygens (including phenoxy) is 2. The minimum Gasteiger partial charge on any atom is -0.497 e. The Labute approximate surface area is 225 Å². The van der Waals surface area contributed by atoms with Crippen LogP contribution in [0.5, 0.6) is 5.88 Å². The van der Waals surface area contributed by atoms with Crippen LogP contribution in [0.1, 0.15) is 26.2 Å². The highest BCUT2D eigenvalue weighted by Gasteiger charge is 2.46. The second-order valence-corrected chi connectivity index (χ2v) is 9.49. The summed E-state index contributed by atoms with van der Waals surface area (Å²) >= 11 is 0. The first kappa shape index (κ1) is 25.5. The van der Waals surface area contributed by atoms with E-state index in [1.165, 1.54) is 0 Å². The van der Waals surface area contributed by atoms with Crippen molar-refractivity contribution in [1.29, 1.82) is 10.5 Å². The Kier molecular flexibility index (Phi) is 6.98. The van der Waals surface area contributed by atoms with Gasteiger partial charge in [-0.25, -0.2) is 9.50 Å². The Hall–Kier alpha value is -5.16. The van der Waals surface area contributed by atoms with E-state index in [2.05, 4.69) is 39.1 Å². The lowest BCUT2D eigenvalue weighted by molar-refractivity contribution is 0.0882. The van der Waals surface area contributed by atoms with Gasteiger partial charge in [-0.2, -0.15) is 20.7 Å². The van der Waals surface area contributed by atoms with Crippen LogP contribution in [0, 0.1) is 28.6 Å². The Morgan fingerprint density at radius 3 is 2.87 bits per heavy atom. The van der Waals surface area contributed by atoms with E-state index in [0.717, 1.165) is 16.7 Å². The van der Waals surface area contributed by atoms with Crippen LogP contribution in [-0.2, 0) is 10.3 Å². The molecular formula is C28H27N9O2. The summed E-state index contributed by atoms with van der Waals surface area (Å²) < 4.78 is 14.8. The molecular weight excluding hydrogens is 494 g/mol. The van der Waals surface area contributed by atoms with Gasteiger partial charge in [-0.1, -0.05) is 12.7 Å². The van der Waals surface area contributed by atoms with E-state index < -0.39 is 5.54 Å². The first-order valence-corrected chi connectivity index (χ1v) is 12.4. The summed E-state index contributed by atoms with van der Waals surface area (Å²) in [6.07, 6.45) is 15.8. The molecule has 196 valence electrons. The van der Waals surface area contributed by atoms with Crippen LogP contribution >= 0.6 is 0 Å². The molecule has 4 aromatic rings. The summed E-state index contributed by atoms with van der Waals surface area (Å²) in [4.78, 5) is 4.95. The van der Waals surface area contributed by atoms with Crippen molar-refractivity contribution in [2.75, 3.05) is 13.7 Å². The zero-order valence-electron chi connectivity index (χ0n) is 21.7. The Morgan fingerprint density at radius 1 is 1.28 bits per heavy atom. The highest BCUT2D eigenvalue weighted by Crippen LogP contribution is 2.46. The molecule has 4 heterocycles. The first-order valence-electron chi connectivity index (χ1n) is 12.4. The molecule has 11 nitrogen and oxygen atoms in total. The van der Waals surface area contributed by atoms with Crippen LogP contribution in [0.15, 0.2) is 73.2 Å². The normalized spacial score (nSPS) is 19.2. The number of fused-ring (bicyclic) bond motifs is 1. The summed E-state index contributed by atoms with van der Waals surface area (Å²) in [6, 6.07) is 6.44. The maximum atomic E-state index is 9.41. The molecule has 0 amide bonds. The molecule has 0 aromatic carbocycles. The van der Waals surface area contributed by atoms with Gasteiger partial charge < -0.3 is 9.47 Å². The molecule has 0 aliphatic heterocycles. The van der Waals surface area contributed by atoms with Crippen molar-refractivity contribution < 1.29 is 9.47 Å². The molecule has 11 heteroatoms. The second kappa shape index (κ2) is 10.7. The second-order valence-electron chi connectivity index (χ2n) is 9.49. The molecule has 0 unspecified atom stereocenters. The maximum absolute atomic E-state index is 9.41. The molecule has 0 spiro atoms. The fraction of sp³-hybridized carbons (Fsp3) is 0.286.